The molecule has 0 fully saturated rings. The lowest BCUT2D eigenvalue weighted by Gasteiger charge is -2.10. The number of nitrogens with zero attached hydrogens (tertiary/aromatic N) is 6. The fourth-order valence-electron chi connectivity index (χ4n) is 2.49. The monoisotopic (exact) mass is 330 g/mol. The van der Waals surface area contributed by atoms with E-state index in [-0.39, 0.29) is 0 Å². The molecule has 0 atom stereocenters. The van der Waals surface area contributed by atoms with E-state index in [1.165, 1.54) is 4.80 Å². The Hall–Kier alpha value is -3.61. The van der Waals surface area contributed by atoms with Crippen LogP contribution in [-0.2, 0) is 0 Å². The molecule has 0 aliphatic heterocycles. The number of benzene rings is 1. The molecule has 0 aliphatic carbocycles. The van der Waals surface area contributed by atoms with Gasteiger partial charge < -0.3 is 4.74 Å². The molecule has 0 amide bonds. The quantitative estimate of drug-likeness (QED) is 0.572. The SMILES string of the molecule is COc1cc(-n2nnc(-c3ccccn3)n2)ccc1-c1cccnc1. The highest BCUT2D eigenvalue weighted by molar-refractivity contribution is 5.71. The molecular weight excluding hydrogens is 316 g/mol. The minimum atomic E-state index is 0.468. The third-order valence-electron chi connectivity index (χ3n) is 3.70. The lowest BCUT2D eigenvalue weighted by molar-refractivity contribution is 0.416. The van der Waals surface area contributed by atoms with Crippen molar-refractivity contribution in [3.05, 3.63) is 67.1 Å². The Morgan fingerprint density at radius 1 is 1.00 bits per heavy atom. The van der Waals surface area contributed by atoms with Crippen LogP contribution in [0, 0.1) is 0 Å². The van der Waals surface area contributed by atoms with Crippen LogP contribution in [0.1, 0.15) is 0 Å². The van der Waals surface area contributed by atoms with Gasteiger partial charge in [0, 0.05) is 35.8 Å². The van der Waals surface area contributed by atoms with Gasteiger partial charge in [0.25, 0.3) is 0 Å². The molecule has 0 saturated carbocycles. The summed E-state index contributed by atoms with van der Waals surface area (Å²) in [6.45, 7) is 0. The number of ether oxygens (including phenoxy) is 1. The van der Waals surface area contributed by atoms with Gasteiger partial charge in [0.2, 0.25) is 5.82 Å². The number of hydrogen-bond acceptors (Lipinski definition) is 6. The van der Waals surface area contributed by atoms with Gasteiger partial charge in [-0.25, -0.2) is 0 Å². The Morgan fingerprint density at radius 3 is 2.72 bits per heavy atom. The molecule has 0 spiro atoms. The van der Waals surface area contributed by atoms with Crippen molar-refractivity contribution >= 4 is 0 Å². The number of aromatic nitrogens is 6. The van der Waals surface area contributed by atoms with E-state index < -0.39 is 0 Å². The molecule has 0 aliphatic rings. The van der Waals surface area contributed by atoms with E-state index in [9.17, 15) is 0 Å². The van der Waals surface area contributed by atoms with Gasteiger partial charge in [0.1, 0.15) is 11.4 Å². The molecule has 0 saturated heterocycles. The average Bonchev–Trinajstić information content (AvgIpc) is 3.19. The van der Waals surface area contributed by atoms with Gasteiger partial charge in [-0.15, -0.1) is 15.0 Å². The molecule has 4 rings (SSSR count). The zero-order valence-corrected chi connectivity index (χ0v) is 13.4. The van der Waals surface area contributed by atoms with Crippen molar-refractivity contribution in [3.63, 3.8) is 0 Å². The molecule has 0 bridgehead atoms. The van der Waals surface area contributed by atoms with E-state index in [1.807, 2.05) is 48.5 Å². The van der Waals surface area contributed by atoms with Crippen molar-refractivity contribution in [1.29, 1.82) is 0 Å². The Labute approximate surface area is 144 Å². The second kappa shape index (κ2) is 6.48. The molecule has 3 heterocycles. The first-order valence-corrected chi connectivity index (χ1v) is 7.65. The van der Waals surface area contributed by atoms with E-state index in [1.54, 1.807) is 25.7 Å². The van der Waals surface area contributed by atoms with Crippen molar-refractivity contribution in [1.82, 2.24) is 30.2 Å². The van der Waals surface area contributed by atoms with Gasteiger partial charge in [0.15, 0.2) is 0 Å². The molecule has 0 radical (unpaired) electrons. The Bertz CT molecular complexity index is 985. The first-order valence-electron chi connectivity index (χ1n) is 7.65. The zero-order chi connectivity index (χ0) is 17.1. The number of hydrogen-bond donors (Lipinski definition) is 0. The molecule has 7 heteroatoms. The van der Waals surface area contributed by atoms with E-state index in [0.29, 0.717) is 17.3 Å². The number of methoxy groups -OCH3 is 1. The van der Waals surface area contributed by atoms with Crippen LogP contribution in [0.5, 0.6) is 5.75 Å². The highest BCUT2D eigenvalue weighted by Gasteiger charge is 2.12. The average molecular weight is 330 g/mol. The molecule has 1 aromatic carbocycles. The minimum absolute atomic E-state index is 0.468. The summed E-state index contributed by atoms with van der Waals surface area (Å²) in [6.07, 6.45) is 5.23. The van der Waals surface area contributed by atoms with Crippen molar-refractivity contribution in [2.75, 3.05) is 7.11 Å². The van der Waals surface area contributed by atoms with E-state index in [0.717, 1.165) is 16.8 Å². The lowest BCUT2D eigenvalue weighted by atomic mass is 10.1. The highest BCUT2D eigenvalue weighted by Crippen LogP contribution is 2.31. The summed E-state index contributed by atoms with van der Waals surface area (Å²) >= 11 is 0. The molecule has 3 aromatic heterocycles. The van der Waals surface area contributed by atoms with Crippen LogP contribution in [0.25, 0.3) is 28.3 Å². The first kappa shape index (κ1) is 14.9. The topological polar surface area (TPSA) is 78.6 Å². The Balaban J connectivity index is 1.71. The first-order chi connectivity index (χ1) is 12.3. The standard InChI is InChI=1S/C18H14N6O/c1-25-17-11-14(7-8-15(17)13-5-4-9-19-12-13)24-22-18(21-23-24)16-6-2-3-10-20-16/h2-12H,1H3. The highest BCUT2D eigenvalue weighted by atomic mass is 16.5. The van der Waals surface area contributed by atoms with Crippen LogP contribution in [0.3, 0.4) is 0 Å². The molecule has 7 nitrogen and oxygen atoms in total. The van der Waals surface area contributed by atoms with Crippen molar-refractivity contribution in [2.45, 2.75) is 0 Å². The molecular formula is C18H14N6O. The number of tetrazole rings is 1. The van der Waals surface area contributed by atoms with Crippen LogP contribution in [-0.4, -0.2) is 37.3 Å². The van der Waals surface area contributed by atoms with Crippen LogP contribution >= 0.6 is 0 Å². The van der Waals surface area contributed by atoms with Gasteiger partial charge in [0.05, 0.1) is 12.8 Å². The maximum Gasteiger partial charge on any atom is 0.223 e. The molecule has 122 valence electrons. The molecule has 25 heavy (non-hydrogen) atoms. The smallest absolute Gasteiger partial charge is 0.223 e. The number of rotatable bonds is 4. The lowest BCUT2D eigenvalue weighted by Crippen LogP contribution is -2.00. The van der Waals surface area contributed by atoms with Gasteiger partial charge in [-0.3, -0.25) is 9.97 Å². The largest absolute Gasteiger partial charge is 0.496 e. The minimum Gasteiger partial charge on any atom is -0.496 e. The van der Waals surface area contributed by atoms with Crippen molar-refractivity contribution < 1.29 is 4.74 Å². The summed E-state index contributed by atoms with van der Waals surface area (Å²) < 4.78 is 5.52. The van der Waals surface area contributed by atoms with Gasteiger partial charge >= 0.3 is 0 Å². The fourth-order valence-corrected chi connectivity index (χ4v) is 2.49. The fraction of sp³-hybridized carbons (Fsp3) is 0.0556. The van der Waals surface area contributed by atoms with E-state index in [4.69, 9.17) is 4.74 Å². The maximum absolute atomic E-state index is 5.52. The number of pyridine rings is 2. The molecule has 4 aromatic rings. The van der Waals surface area contributed by atoms with Gasteiger partial charge in [-0.05, 0) is 35.5 Å². The summed E-state index contributed by atoms with van der Waals surface area (Å²) in [6, 6.07) is 15.2. The van der Waals surface area contributed by atoms with Crippen molar-refractivity contribution in [3.8, 4) is 34.1 Å². The third kappa shape index (κ3) is 2.94. The summed E-state index contributed by atoms with van der Waals surface area (Å²) in [4.78, 5) is 9.84. The van der Waals surface area contributed by atoms with Crippen molar-refractivity contribution in [2.24, 2.45) is 0 Å². The molecule has 0 N–H and O–H groups in total. The van der Waals surface area contributed by atoms with E-state index >= 15 is 0 Å². The third-order valence-corrected chi connectivity index (χ3v) is 3.70. The zero-order valence-electron chi connectivity index (χ0n) is 13.4. The Morgan fingerprint density at radius 2 is 1.96 bits per heavy atom. The van der Waals surface area contributed by atoms with Gasteiger partial charge in [-0.1, -0.05) is 12.1 Å². The van der Waals surface area contributed by atoms with Crippen LogP contribution in [0.15, 0.2) is 67.1 Å². The molecule has 0 unspecified atom stereocenters. The van der Waals surface area contributed by atoms with E-state index in [2.05, 4.69) is 25.4 Å². The van der Waals surface area contributed by atoms with Crippen LogP contribution in [0.4, 0.5) is 0 Å². The summed E-state index contributed by atoms with van der Waals surface area (Å²) in [5, 5.41) is 12.6. The normalized spacial score (nSPS) is 10.6. The summed E-state index contributed by atoms with van der Waals surface area (Å²) in [5.74, 6) is 1.18. The predicted molar refractivity (Wildman–Crippen MR) is 92.2 cm³/mol. The summed E-state index contributed by atoms with van der Waals surface area (Å²) in [5.41, 5.74) is 3.35. The Kier molecular flexibility index (Phi) is 3.88. The predicted octanol–water partition coefficient (Wildman–Crippen LogP) is 2.79. The van der Waals surface area contributed by atoms with Crippen LogP contribution in [0.2, 0.25) is 0 Å². The van der Waals surface area contributed by atoms with Gasteiger partial charge in [-0.2, -0.15) is 0 Å². The summed E-state index contributed by atoms with van der Waals surface area (Å²) in [7, 11) is 1.63. The maximum atomic E-state index is 5.52. The van der Waals surface area contributed by atoms with Crippen LogP contribution < -0.4 is 4.74 Å². The second-order valence-corrected chi connectivity index (χ2v) is 5.24. The second-order valence-electron chi connectivity index (χ2n) is 5.24.